The Morgan fingerprint density at radius 1 is 1.31 bits per heavy atom. The maximum atomic E-state index is 11.2. The molecule has 0 spiro atoms. The second-order valence-electron chi connectivity index (χ2n) is 3.37. The van der Waals surface area contributed by atoms with Gasteiger partial charge in [0.15, 0.2) is 0 Å². The Balaban J connectivity index is 2.52. The van der Waals surface area contributed by atoms with Crippen molar-refractivity contribution in [3.8, 4) is 11.1 Å². The third-order valence-corrected chi connectivity index (χ3v) is 3.51. The summed E-state index contributed by atoms with van der Waals surface area (Å²) in [6.07, 6.45) is 3.47. The van der Waals surface area contributed by atoms with Gasteiger partial charge in [0.1, 0.15) is 0 Å². The Kier molecular flexibility index (Phi) is 2.73. The van der Waals surface area contributed by atoms with E-state index in [0.717, 1.165) is 11.1 Å². The SMILES string of the molecule is Cn1cc(-c2cccc(S(=O)(=O)Cl)c2)cn1. The van der Waals surface area contributed by atoms with Crippen LogP contribution in [0.1, 0.15) is 0 Å². The molecule has 0 bridgehead atoms. The van der Waals surface area contributed by atoms with E-state index in [-0.39, 0.29) is 4.90 Å². The van der Waals surface area contributed by atoms with Crippen molar-refractivity contribution in [1.29, 1.82) is 0 Å². The lowest BCUT2D eigenvalue weighted by Crippen LogP contribution is -1.90. The van der Waals surface area contributed by atoms with Gasteiger partial charge in [0, 0.05) is 29.5 Å². The Morgan fingerprint density at radius 2 is 2.06 bits per heavy atom. The first kappa shape index (κ1) is 11.2. The van der Waals surface area contributed by atoms with E-state index in [1.165, 1.54) is 12.1 Å². The number of rotatable bonds is 2. The number of aryl methyl sites for hydroxylation is 1. The van der Waals surface area contributed by atoms with E-state index in [9.17, 15) is 8.42 Å². The van der Waals surface area contributed by atoms with Crippen LogP contribution in [0.15, 0.2) is 41.6 Å². The van der Waals surface area contributed by atoms with E-state index in [4.69, 9.17) is 10.7 Å². The molecule has 1 heterocycles. The van der Waals surface area contributed by atoms with Crippen molar-refractivity contribution in [2.45, 2.75) is 4.90 Å². The van der Waals surface area contributed by atoms with Gasteiger partial charge in [-0.1, -0.05) is 12.1 Å². The van der Waals surface area contributed by atoms with Crippen LogP contribution in [-0.4, -0.2) is 18.2 Å². The van der Waals surface area contributed by atoms with Gasteiger partial charge in [-0.15, -0.1) is 0 Å². The van der Waals surface area contributed by atoms with Gasteiger partial charge in [0.05, 0.1) is 11.1 Å². The molecule has 84 valence electrons. The molecule has 6 heteroatoms. The second-order valence-corrected chi connectivity index (χ2v) is 5.93. The molecule has 1 aromatic carbocycles. The number of halogens is 1. The molecule has 0 amide bonds. The van der Waals surface area contributed by atoms with Gasteiger partial charge in [0.2, 0.25) is 0 Å². The third-order valence-electron chi connectivity index (χ3n) is 2.15. The first-order valence-electron chi connectivity index (χ1n) is 4.50. The molecule has 0 saturated heterocycles. The minimum Gasteiger partial charge on any atom is -0.275 e. The lowest BCUT2D eigenvalue weighted by Gasteiger charge is -1.99. The van der Waals surface area contributed by atoms with Crippen LogP contribution in [0, 0.1) is 0 Å². The minimum atomic E-state index is -3.68. The van der Waals surface area contributed by atoms with Crippen LogP contribution >= 0.6 is 10.7 Å². The summed E-state index contributed by atoms with van der Waals surface area (Å²) < 4.78 is 24.0. The Labute approximate surface area is 97.9 Å². The first-order valence-corrected chi connectivity index (χ1v) is 6.81. The van der Waals surface area contributed by atoms with Gasteiger partial charge in [-0.25, -0.2) is 8.42 Å². The molecule has 0 aliphatic carbocycles. The fourth-order valence-corrected chi connectivity index (χ4v) is 2.19. The van der Waals surface area contributed by atoms with Crippen molar-refractivity contribution >= 4 is 19.7 Å². The van der Waals surface area contributed by atoms with Crippen LogP contribution in [0.5, 0.6) is 0 Å². The predicted molar refractivity (Wildman–Crippen MR) is 61.7 cm³/mol. The Hall–Kier alpha value is -1.33. The fourth-order valence-electron chi connectivity index (χ4n) is 1.40. The molecule has 16 heavy (non-hydrogen) atoms. The molecule has 0 aliphatic heterocycles. The van der Waals surface area contributed by atoms with Crippen LogP contribution in [0.25, 0.3) is 11.1 Å². The topological polar surface area (TPSA) is 52.0 Å². The largest absolute Gasteiger partial charge is 0.275 e. The average molecular weight is 257 g/mol. The van der Waals surface area contributed by atoms with E-state index in [1.807, 2.05) is 6.07 Å². The maximum Gasteiger partial charge on any atom is 0.261 e. The molecule has 0 fully saturated rings. The summed E-state index contributed by atoms with van der Waals surface area (Å²) in [6, 6.07) is 6.45. The normalized spacial score (nSPS) is 11.6. The van der Waals surface area contributed by atoms with Crippen LogP contribution in [0.3, 0.4) is 0 Å². The minimum absolute atomic E-state index is 0.0931. The molecule has 0 unspecified atom stereocenters. The van der Waals surface area contributed by atoms with Crippen LogP contribution in [-0.2, 0) is 16.1 Å². The first-order chi connectivity index (χ1) is 7.47. The summed E-state index contributed by atoms with van der Waals surface area (Å²) in [5.74, 6) is 0. The zero-order valence-corrected chi connectivity index (χ0v) is 10.0. The lowest BCUT2D eigenvalue weighted by atomic mass is 10.1. The molecule has 0 aliphatic rings. The summed E-state index contributed by atoms with van der Waals surface area (Å²) in [4.78, 5) is 0.0931. The highest BCUT2D eigenvalue weighted by atomic mass is 35.7. The lowest BCUT2D eigenvalue weighted by molar-refractivity contribution is 0.609. The van der Waals surface area contributed by atoms with E-state index >= 15 is 0 Å². The highest BCUT2D eigenvalue weighted by Crippen LogP contribution is 2.23. The van der Waals surface area contributed by atoms with Gasteiger partial charge >= 0.3 is 0 Å². The van der Waals surface area contributed by atoms with E-state index in [2.05, 4.69) is 5.10 Å². The fraction of sp³-hybridized carbons (Fsp3) is 0.100. The number of hydrogen-bond donors (Lipinski definition) is 0. The molecule has 0 N–H and O–H groups in total. The molecule has 2 aromatic rings. The predicted octanol–water partition coefficient (Wildman–Crippen LogP) is 2.01. The van der Waals surface area contributed by atoms with Crippen molar-refractivity contribution in [3.05, 3.63) is 36.7 Å². The zero-order valence-electron chi connectivity index (χ0n) is 8.46. The summed E-state index contributed by atoms with van der Waals surface area (Å²) in [5, 5.41) is 4.02. The van der Waals surface area contributed by atoms with E-state index in [1.54, 1.807) is 30.2 Å². The highest BCUT2D eigenvalue weighted by molar-refractivity contribution is 8.13. The van der Waals surface area contributed by atoms with Gasteiger partial charge in [-0.3, -0.25) is 4.68 Å². The number of hydrogen-bond acceptors (Lipinski definition) is 3. The molecule has 0 radical (unpaired) electrons. The molecule has 4 nitrogen and oxygen atoms in total. The molecule has 1 aromatic heterocycles. The van der Waals surface area contributed by atoms with E-state index < -0.39 is 9.05 Å². The maximum absolute atomic E-state index is 11.2. The number of benzene rings is 1. The molecular formula is C10H9ClN2O2S. The Bertz CT molecular complexity index is 619. The van der Waals surface area contributed by atoms with Crippen molar-refractivity contribution in [1.82, 2.24) is 9.78 Å². The third kappa shape index (κ3) is 2.25. The summed E-state index contributed by atoms with van der Waals surface area (Å²) in [5.41, 5.74) is 1.62. The van der Waals surface area contributed by atoms with Gasteiger partial charge in [-0.05, 0) is 17.7 Å². The van der Waals surface area contributed by atoms with E-state index in [0.29, 0.717) is 0 Å². The number of aromatic nitrogens is 2. The molecular weight excluding hydrogens is 248 g/mol. The van der Waals surface area contributed by atoms with Crippen molar-refractivity contribution in [3.63, 3.8) is 0 Å². The highest BCUT2D eigenvalue weighted by Gasteiger charge is 2.11. The molecule has 0 atom stereocenters. The quantitative estimate of drug-likeness (QED) is 0.773. The number of nitrogens with zero attached hydrogens (tertiary/aromatic N) is 2. The van der Waals surface area contributed by atoms with Crippen molar-refractivity contribution in [2.24, 2.45) is 7.05 Å². The second kappa shape index (κ2) is 3.92. The van der Waals surface area contributed by atoms with Crippen molar-refractivity contribution < 1.29 is 8.42 Å². The monoisotopic (exact) mass is 256 g/mol. The summed E-state index contributed by atoms with van der Waals surface area (Å²) >= 11 is 0. The van der Waals surface area contributed by atoms with Crippen molar-refractivity contribution in [2.75, 3.05) is 0 Å². The van der Waals surface area contributed by atoms with Crippen LogP contribution < -0.4 is 0 Å². The molecule has 0 saturated carbocycles. The molecule has 2 rings (SSSR count). The average Bonchev–Trinajstić information content (AvgIpc) is 2.64. The van der Waals surface area contributed by atoms with Gasteiger partial charge in [-0.2, -0.15) is 5.10 Å². The van der Waals surface area contributed by atoms with Gasteiger partial charge < -0.3 is 0 Å². The standard InChI is InChI=1S/C10H9ClN2O2S/c1-13-7-9(6-12-13)8-3-2-4-10(5-8)16(11,14)15/h2-7H,1H3. The van der Waals surface area contributed by atoms with Crippen LogP contribution in [0.2, 0.25) is 0 Å². The van der Waals surface area contributed by atoms with Crippen LogP contribution in [0.4, 0.5) is 0 Å². The summed E-state index contributed by atoms with van der Waals surface area (Å²) in [7, 11) is 3.39. The zero-order chi connectivity index (χ0) is 11.8. The Morgan fingerprint density at radius 3 is 2.62 bits per heavy atom. The van der Waals surface area contributed by atoms with Gasteiger partial charge in [0.25, 0.3) is 9.05 Å². The smallest absolute Gasteiger partial charge is 0.261 e. The summed E-state index contributed by atoms with van der Waals surface area (Å²) in [6.45, 7) is 0.